The summed E-state index contributed by atoms with van der Waals surface area (Å²) in [7, 11) is 0. The second-order valence-corrected chi connectivity index (χ2v) is 5.34. The second-order valence-electron chi connectivity index (χ2n) is 5.34. The van der Waals surface area contributed by atoms with Gasteiger partial charge in [-0.1, -0.05) is 6.42 Å². The number of likely N-dealkylation sites (tertiary alicyclic amines) is 1. The van der Waals surface area contributed by atoms with Gasteiger partial charge >= 0.3 is 0 Å². The first-order valence-corrected chi connectivity index (χ1v) is 6.40. The first-order valence-electron chi connectivity index (χ1n) is 6.40. The summed E-state index contributed by atoms with van der Waals surface area (Å²) in [6.45, 7) is 5.35. The maximum absolute atomic E-state index is 3.61. The molecule has 0 aromatic heterocycles. The number of nitrogens with one attached hydrogen (secondary N) is 1. The normalized spacial score (nSPS) is 38.6. The molecule has 2 heterocycles. The third-order valence-corrected chi connectivity index (χ3v) is 4.49. The molecular formula is C12H24Cl2N2. The Morgan fingerprint density at radius 1 is 0.812 bits per heavy atom. The third-order valence-electron chi connectivity index (χ3n) is 4.49. The molecule has 2 saturated heterocycles. The molecule has 2 unspecified atom stereocenters. The number of nitrogens with zero attached hydrogens (tertiary/aromatic N) is 1. The van der Waals surface area contributed by atoms with E-state index in [2.05, 4.69) is 10.2 Å². The summed E-state index contributed by atoms with van der Waals surface area (Å²) >= 11 is 0. The van der Waals surface area contributed by atoms with Crippen molar-refractivity contribution < 1.29 is 0 Å². The average Bonchev–Trinajstić information content (AvgIpc) is 2.69. The van der Waals surface area contributed by atoms with Crippen LogP contribution in [0, 0.1) is 11.8 Å². The van der Waals surface area contributed by atoms with Crippen LogP contribution < -0.4 is 5.32 Å². The molecule has 2 atom stereocenters. The molecule has 0 amide bonds. The van der Waals surface area contributed by atoms with Crippen LogP contribution in [0.2, 0.25) is 0 Å². The van der Waals surface area contributed by atoms with Crippen molar-refractivity contribution in [1.82, 2.24) is 10.2 Å². The molecule has 0 aromatic carbocycles. The molecule has 2 aliphatic heterocycles. The van der Waals surface area contributed by atoms with Gasteiger partial charge in [0.2, 0.25) is 0 Å². The molecule has 0 aromatic rings. The molecule has 0 spiro atoms. The maximum atomic E-state index is 3.61. The van der Waals surface area contributed by atoms with Gasteiger partial charge in [-0.2, -0.15) is 0 Å². The van der Waals surface area contributed by atoms with E-state index in [-0.39, 0.29) is 24.8 Å². The molecule has 2 bridgehead atoms. The lowest BCUT2D eigenvalue weighted by Crippen LogP contribution is -2.56. The van der Waals surface area contributed by atoms with Crippen molar-refractivity contribution in [2.45, 2.75) is 38.1 Å². The van der Waals surface area contributed by atoms with Crippen LogP contribution in [0.1, 0.15) is 32.1 Å². The zero-order valence-electron chi connectivity index (χ0n) is 9.86. The fraction of sp³-hybridized carbons (Fsp3) is 1.00. The van der Waals surface area contributed by atoms with Gasteiger partial charge in [0.25, 0.3) is 0 Å². The largest absolute Gasteiger partial charge is 0.316 e. The molecule has 96 valence electrons. The lowest BCUT2D eigenvalue weighted by molar-refractivity contribution is 0.0473. The highest BCUT2D eigenvalue weighted by molar-refractivity contribution is 5.85. The van der Waals surface area contributed by atoms with Crippen molar-refractivity contribution >= 4 is 24.8 Å². The van der Waals surface area contributed by atoms with Crippen LogP contribution in [0.4, 0.5) is 0 Å². The SMILES string of the molecule is C1CC2CNCC(C1)C2N1CCCC1.Cl.Cl. The van der Waals surface area contributed by atoms with Crippen molar-refractivity contribution in [3.05, 3.63) is 0 Å². The van der Waals surface area contributed by atoms with Crippen LogP contribution >= 0.6 is 24.8 Å². The average molecular weight is 267 g/mol. The predicted molar refractivity (Wildman–Crippen MR) is 72.8 cm³/mol. The summed E-state index contributed by atoms with van der Waals surface area (Å²) in [6, 6.07) is 0.951. The van der Waals surface area contributed by atoms with E-state index in [0.717, 1.165) is 17.9 Å². The Kier molecular flexibility index (Phi) is 5.86. The van der Waals surface area contributed by atoms with E-state index in [1.54, 1.807) is 0 Å². The van der Waals surface area contributed by atoms with Crippen molar-refractivity contribution in [3.63, 3.8) is 0 Å². The third kappa shape index (κ3) is 2.66. The standard InChI is InChI=1S/C12H22N2.2ClH/c1-2-7-14(6-1)12-10-4-3-5-11(12)9-13-8-10;;/h10-13H,1-9H2;2*1H. The fourth-order valence-corrected chi connectivity index (χ4v) is 3.90. The van der Waals surface area contributed by atoms with Crippen LogP contribution in [0.15, 0.2) is 0 Å². The second kappa shape index (κ2) is 6.44. The summed E-state index contributed by atoms with van der Waals surface area (Å²) in [5.74, 6) is 1.95. The Morgan fingerprint density at radius 3 is 1.94 bits per heavy atom. The molecule has 1 N–H and O–H groups in total. The molecule has 16 heavy (non-hydrogen) atoms. The van der Waals surface area contributed by atoms with Crippen LogP contribution in [0.5, 0.6) is 0 Å². The molecule has 0 radical (unpaired) electrons. The van der Waals surface area contributed by atoms with Gasteiger partial charge in [0.05, 0.1) is 0 Å². The fourth-order valence-electron chi connectivity index (χ4n) is 3.90. The maximum Gasteiger partial charge on any atom is 0.0176 e. The number of fused-ring (bicyclic) bond motifs is 2. The van der Waals surface area contributed by atoms with E-state index in [1.807, 2.05) is 0 Å². The van der Waals surface area contributed by atoms with E-state index >= 15 is 0 Å². The van der Waals surface area contributed by atoms with Gasteiger partial charge in [-0.15, -0.1) is 24.8 Å². The van der Waals surface area contributed by atoms with Crippen molar-refractivity contribution in [2.75, 3.05) is 26.2 Å². The summed E-state index contributed by atoms with van der Waals surface area (Å²) in [5.41, 5.74) is 0. The van der Waals surface area contributed by atoms with Gasteiger partial charge in [0.1, 0.15) is 0 Å². The van der Waals surface area contributed by atoms with E-state index < -0.39 is 0 Å². The van der Waals surface area contributed by atoms with Crippen LogP contribution in [0.25, 0.3) is 0 Å². The van der Waals surface area contributed by atoms with Gasteiger partial charge in [0, 0.05) is 6.04 Å². The highest BCUT2D eigenvalue weighted by Gasteiger charge is 2.40. The quantitative estimate of drug-likeness (QED) is 0.784. The van der Waals surface area contributed by atoms with E-state index in [0.29, 0.717) is 0 Å². The number of halogens is 2. The Balaban J connectivity index is 0.000000640. The van der Waals surface area contributed by atoms with Gasteiger partial charge < -0.3 is 5.32 Å². The number of hydrogen-bond donors (Lipinski definition) is 1. The Morgan fingerprint density at radius 2 is 1.38 bits per heavy atom. The Labute approximate surface area is 111 Å². The van der Waals surface area contributed by atoms with Gasteiger partial charge in [-0.3, -0.25) is 4.90 Å². The highest BCUT2D eigenvalue weighted by Crippen LogP contribution is 2.36. The van der Waals surface area contributed by atoms with Gasteiger partial charge in [0.15, 0.2) is 0 Å². The zero-order valence-corrected chi connectivity index (χ0v) is 11.5. The number of piperidine rings is 1. The molecule has 1 saturated carbocycles. The van der Waals surface area contributed by atoms with Gasteiger partial charge in [-0.25, -0.2) is 0 Å². The van der Waals surface area contributed by atoms with Crippen LogP contribution in [0.3, 0.4) is 0 Å². The molecule has 4 heteroatoms. The Hall–Kier alpha value is 0.500. The highest BCUT2D eigenvalue weighted by atomic mass is 35.5. The molecule has 3 fully saturated rings. The molecule has 3 aliphatic rings. The molecule has 2 nitrogen and oxygen atoms in total. The van der Waals surface area contributed by atoms with Crippen molar-refractivity contribution in [1.29, 1.82) is 0 Å². The first-order chi connectivity index (χ1) is 6.95. The zero-order chi connectivity index (χ0) is 9.38. The summed E-state index contributed by atoms with van der Waals surface area (Å²) in [4.78, 5) is 2.80. The van der Waals surface area contributed by atoms with E-state index in [9.17, 15) is 0 Å². The molecule has 1 aliphatic carbocycles. The molecular weight excluding hydrogens is 243 g/mol. The molecule has 3 rings (SSSR count). The van der Waals surface area contributed by atoms with Crippen molar-refractivity contribution in [2.24, 2.45) is 11.8 Å². The minimum atomic E-state index is 0. The smallest absolute Gasteiger partial charge is 0.0176 e. The number of rotatable bonds is 1. The van der Waals surface area contributed by atoms with E-state index in [4.69, 9.17) is 0 Å². The van der Waals surface area contributed by atoms with Gasteiger partial charge in [-0.05, 0) is 63.7 Å². The topological polar surface area (TPSA) is 15.3 Å². The lowest BCUT2D eigenvalue weighted by atomic mass is 9.73. The first kappa shape index (κ1) is 14.6. The van der Waals surface area contributed by atoms with E-state index in [1.165, 1.54) is 58.3 Å². The Bertz CT molecular complexity index is 182. The minimum Gasteiger partial charge on any atom is -0.316 e. The number of hydrogen-bond acceptors (Lipinski definition) is 2. The minimum absolute atomic E-state index is 0. The predicted octanol–water partition coefficient (Wildman–Crippen LogP) is 2.31. The van der Waals surface area contributed by atoms with Crippen molar-refractivity contribution in [3.8, 4) is 0 Å². The summed E-state index contributed by atoms with van der Waals surface area (Å²) in [5, 5.41) is 3.61. The summed E-state index contributed by atoms with van der Waals surface area (Å²) < 4.78 is 0. The summed E-state index contributed by atoms with van der Waals surface area (Å²) in [6.07, 6.45) is 7.34. The monoisotopic (exact) mass is 266 g/mol. The lowest BCUT2D eigenvalue weighted by Gasteiger charge is -2.47. The van der Waals surface area contributed by atoms with Crippen LogP contribution in [-0.4, -0.2) is 37.1 Å². The van der Waals surface area contributed by atoms with Crippen LogP contribution in [-0.2, 0) is 0 Å².